The van der Waals surface area contributed by atoms with Crippen LogP contribution in [0.1, 0.15) is 34.4 Å². The Hall–Kier alpha value is -3.42. The molecule has 3 nitrogen and oxygen atoms in total. The number of nitrogens with zero attached hydrogens (tertiary/aromatic N) is 3. The summed E-state index contributed by atoms with van der Waals surface area (Å²) in [5, 5.41) is 10.7. The van der Waals surface area contributed by atoms with Gasteiger partial charge in [0.2, 0.25) is 0 Å². The molecule has 1 aliphatic heterocycles. The molecule has 0 bridgehead atoms. The maximum absolute atomic E-state index is 9.90. The zero-order chi connectivity index (χ0) is 23.3. The first kappa shape index (κ1) is 21.1. The van der Waals surface area contributed by atoms with E-state index in [0.717, 1.165) is 15.2 Å². The Morgan fingerprint density at radius 2 is 1.56 bits per heavy atom. The molecule has 0 saturated carbocycles. The summed E-state index contributed by atoms with van der Waals surface area (Å²) in [7, 11) is 0. The third-order valence-electron chi connectivity index (χ3n) is 6.40. The van der Waals surface area contributed by atoms with Crippen molar-refractivity contribution < 1.29 is 0 Å². The first-order valence-electron chi connectivity index (χ1n) is 11.1. The van der Waals surface area contributed by atoms with E-state index in [1.165, 1.54) is 31.5 Å². The number of hydrogen-bond acceptors (Lipinski definition) is 4. The van der Waals surface area contributed by atoms with Crippen molar-refractivity contribution in [3.8, 4) is 6.07 Å². The second kappa shape index (κ2) is 8.11. The standard InChI is InChI=1S/C29H21N3SSe/c1-29(2)21-9-3-6-12-24(21)32(25-13-7-4-10-22(25)29)27-16-15-20(34-27)17-19(18-30)28-31-23-11-5-8-14-26(23)33-28/h3-17H,1-2H3/b19-17+. The minimum absolute atomic E-state index is 0.0627. The van der Waals surface area contributed by atoms with Crippen LogP contribution in [0.2, 0.25) is 0 Å². The van der Waals surface area contributed by atoms with Crippen LogP contribution in [0.3, 0.4) is 0 Å². The Morgan fingerprint density at radius 3 is 2.24 bits per heavy atom. The number of thiazole rings is 1. The van der Waals surface area contributed by atoms with E-state index in [1.807, 2.05) is 24.3 Å². The van der Waals surface area contributed by atoms with Crippen molar-refractivity contribution in [3.63, 3.8) is 0 Å². The molecule has 164 valence electrons. The Kier molecular flexibility index (Phi) is 5.04. The fraction of sp³-hybridized carbons (Fsp3) is 0.103. The van der Waals surface area contributed by atoms with Gasteiger partial charge in [-0.25, -0.2) is 0 Å². The van der Waals surface area contributed by atoms with Gasteiger partial charge in [0, 0.05) is 0 Å². The first-order valence-corrected chi connectivity index (χ1v) is 13.7. The van der Waals surface area contributed by atoms with Crippen LogP contribution in [-0.4, -0.2) is 19.5 Å². The molecule has 0 saturated heterocycles. The van der Waals surface area contributed by atoms with Gasteiger partial charge in [-0.15, -0.1) is 0 Å². The summed E-state index contributed by atoms with van der Waals surface area (Å²) in [4.78, 5) is 7.10. The molecule has 0 aliphatic carbocycles. The van der Waals surface area contributed by atoms with Gasteiger partial charge >= 0.3 is 210 Å². The molecule has 34 heavy (non-hydrogen) atoms. The Morgan fingerprint density at radius 1 is 0.912 bits per heavy atom. The number of aromatic nitrogens is 1. The van der Waals surface area contributed by atoms with E-state index in [2.05, 4.69) is 91.5 Å². The molecule has 0 fully saturated rings. The number of para-hydroxylation sites is 3. The van der Waals surface area contributed by atoms with Crippen LogP contribution < -0.4 is 4.90 Å². The van der Waals surface area contributed by atoms with Gasteiger partial charge in [0.05, 0.1) is 0 Å². The van der Waals surface area contributed by atoms with Gasteiger partial charge in [-0.3, -0.25) is 0 Å². The summed E-state index contributed by atoms with van der Waals surface area (Å²) in [5.74, 6) is 0. The number of nitriles is 1. The molecule has 2 aromatic heterocycles. The van der Waals surface area contributed by atoms with Crippen molar-refractivity contribution in [1.82, 2.24) is 4.98 Å². The molecule has 0 unspecified atom stereocenters. The van der Waals surface area contributed by atoms with Gasteiger partial charge in [0.15, 0.2) is 0 Å². The van der Waals surface area contributed by atoms with Crippen LogP contribution in [0.4, 0.5) is 15.9 Å². The van der Waals surface area contributed by atoms with Gasteiger partial charge in [-0.2, -0.15) is 0 Å². The SMILES string of the molecule is CC1(C)c2ccccc2N(c2ccc(/C=C(\C#N)c3nc4ccccc4s3)[se]2)c2ccccc21. The summed E-state index contributed by atoms with van der Waals surface area (Å²) in [5.41, 5.74) is 6.66. The van der Waals surface area contributed by atoms with E-state index in [4.69, 9.17) is 4.98 Å². The van der Waals surface area contributed by atoms with Crippen LogP contribution in [-0.2, 0) is 5.41 Å². The molecule has 6 rings (SSSR count). The molecule has 1 aliphatic rings. The molecule has 0 atom stereocenters. The van der Waals surface area contributed by atoms with Gasteiger partial charge in [0.25, 0.3) is 0 Å². The summed E-state index contributed by atoms with van der Waals surface area (Å²) in [6, 6.07) is 32.2. The molecule has 5 aromatic rings. The maximum atomic E-state index is 9.90. The summed E-state index contributed by atoms with van der Waals surface area (Å²) in [6.07, 6.45) is 2.02. The van der Waals surface area contributed by atoms with E-state index >= 15 is 0 Å². The van der Waals surface area contributed by atoms with Crippen molar-refractivity contribution in [2.45, 2.75) is 19.3 Å². The van der Waals surface area contributed by atoms with E-state index in [-0.39, 0.29) is 19.9 Å². The molecule has 0 radical (unpaired) electrons. The Labute approximate surface area is 209 Å². The van der Waals surface area contributed by atoms with Gasteiger partial charge < -0.3 is 0 Å². The quantitative estimate of drug-likeness (QED) is 0.182. The van der Waals surface area contributed by atoms with Crippen LogP contribution >= 0.6 is 11.3 Å². The van der Waals surface area contributed by atoms with Crippen LogP contribution in [0.5, 0.6) is 0 Å². The van der Waals surface area contributed by atoms with Crippen molar-refractivity contribution in [1.29, 1.82) is 5.26 Å². The fourth-order valence-electron chi connectivity index (χ4n) is 4.72. The van der Waals surface area contributed by atoms with Crippen molar-refractivity contribution in [3.05, 3.63) is 106 Å². The molecular weight excluding hydrogens is 501 g/mol. The van der Waals surface area contributed by atoms with Crippen molar-refractivity contribution in [2.24, 2.45) is 0 Å². The first-order chi connectivity index (χ1) is 16.6. The van der Waals surface area contributed by atoms with E-state index in [9.17, 15) is 5.26 Å². The van der Waals surface area contributed by atoms with E-state index in [1.54, 1.807) is 11.3 Å². The van der Waals surface area contributed by atoms with Crippen molar-refractivity contribution in [2.75, 3.05) is 4.90 Å². The second-order valence-electron chi connectivity index (χ2n) is 8.83. The topological polar surface area (TPSA) is 39.9 Å². The monoisotopic (exact) mass is 523 g/mol. The molecule has 3 aromatic carbocycles. The number of allylic oxidation sites excluding steroid dienone is 1. The van der Waals surface area contributed by atoms with E-state index < -0.39 is 0 Å². The number of rotatable bonds is 3. The summed E-state index contributed by atoms with van der Waals surface area (Å²) < 4.78 is 3.56. The molecule has 0 spiro atoms. The number of benzene rings is 3. The average Bonchev–Trinajstić information content (AvgIpc) is 3.50. The fourth-order valence-corrected chi connectivity index (χ4v) is 7.70. The molecular formula is C29H21N3SSe. The van der Waals surface area contributed by atoms with Gasteiger partial charge in [-0.1, -0.05) is 0 Å². The molecule has 3 heterocycles. The number of hydrogen-bond donors (Lipinski definition) is 0. The molecule has 5 heteroatoms. The summed E-state index contributed by atoms with van der Waals surface area (Å²) in [6.45, 7) is 4.61. The Bertz CT molecular complexity index is 1530. The Balaban J connectivity index is 1.44. The van der Waals surface area contributed by atoms with E-state index in [0.29, 0.717) is 5.57 Å². The van der Waals surface area contributed by atoms with Crippen molar-refractivity contribution >= 4 is 63.6 Å². The average molecular weight is 523 g/mol. The number of fused-ring (bicyclic) bond motifs is 3. The second-order valence-corrected chi connectivity index (χ2v) is 12.2. The predicted octanol–water partition coefficient (Wildman–Crippen LogP) is 7.53. The number of anilines is 3. The zero-order valence-corrected chi connectivity index (χ0v) is 21.3. The molecule has 0 N–H and O–H groups in total. The molecule has 0 amide bonds. The van der Waals surface area contributed by atoms with Gasteiger partial charge in [0.1, 0.15) is 0 Å². The van der Waals surface area contributed by atoms with Crippen LogP contribution in [0, 0.1) is 11.3 Å². The van der Waals surface area contributed by atoms with Gasteiger partial charge in [-0.05, 0) is 0 Å². The third kappa shape index (κ3) is 3.35. The third-order valence-corrected chi connectivity index (χ3v) is 9.61. The summed E-state index contributed by atoms with van der Waals surface area (Å²) >= 11 is 1.64. The minimum atomic E-state index is -0.0627. The normalized spacial score (nSPS) is 14.5. The predicted molar refractivity (Wildman–Crippen MR) is 143 cm³/mol. The zero-order valence-electron chi connectivity index (χ0n) is 18.8. The van der Waals surface area contributed by atoms with Crippen LogP contribution in [0.25, 0.3) is 21.9 Å². The van der Waals surface area contributed by atoms with Crippen LogP contribution in [0.15, 0.2) is 84.9 Å².